The van der Waals surface area contributed by atoms with Gasteiger partial charge in [0.15, 0.2) is 0 Å². The van der Waals surface area contributed by atoms with Gasteiger partial charge in [-0.05, 0) is 49.9 Å². The van der Waals surface area contributed by atoms with Gasteiger partial charge in [-0.3, -0.25) is 10.1 Å². The number of benzene rings is 1. The Labute approximate surface area is 195 Å². The van der Waals surface area contributed by atoms with Gasteiger partial charge in [-0.1, -0.05) is 31.1 Å². The first kappa shape index (κ1) is 22.2. The second kappa shape index (κ2) is 8.95. The van der Waals surface area contributed by atoms with Crippen LogP contribution in [0.2, 0.25) is 0 Å². The van der Waals surface area contributed by atoms with Crippen molar-refractivity contribution >= 4 is 16.8 Å². The van der Waals surface area contributed by atoms with Crippen LogP contribution in [-0.4, -0.2) is 64.7 Å². The Morgan fingerprint density at radius 1 is 1.24 bits per heavy atom. The van der Waals surface area contributed by atoms with Gasteiger partial charge >= 0.3 is 0 Å². The molecule has 0 saturated carbocycles. The van der Waals surface area contributed by atoms with Gasteiger partial charge in [-0.15, -0.1) is 0 Å². The van der Waals surface area contributed by atoms with Gasteiger partial charge in [0.1, 0.15) is 11.5 Å². The fraction of sp³-hybridized carbons (Fsp3) is 0.538. The topological polar surface area (TPSA) is 66.5 Å². The van der Waals surface area contributed by atoms with Gasteiger partial charge in [0, 0.05) is 55.4 Å². The van der Waals surface area contributed by atoms with Crippen LogP contribution in [0.15, 0.2) is 35.0 Å². The van der Waals surface area contributed by atoms with Crippen LogP contribution in [0.25, 0.3) is 10.9 Å². The highest BCUT2D eigenvalue weighted by Gasteiger charge is 2.33. The van der Waals surface area contributed by atoms with E-state index in [2.05, 4.69) is 65.2 Å². The Hall–Kier alpha value is -2.64. The van der Waals surface area contributed by atoms with Gasteiger partial charge in [0.05, 0.1) is 12.6 Å². The molecule has 0 aliphatic carbocycles. The Balaban J connectivity index is 1.52. The molecule has 1 saturated heterocycles. The monoisotopic (exact) mass is 449 g/mol. The summed E-state index contributed by atoms with van der Waals surface area (Å²) in [7, 11) is 2.12. The van der Waals surface area contributed by atoms with Crippen LogP contribution in [0.4, 0.5) is 0 Å². The number of piperazine rings is 1. The standard InChI is InChI=1S/C26H35N5O2/c1-17(2)12-22-21-6-5-7-24-25(21)19(15-31(24)16-20-13-18(3)33-28-20)14-23(27-22)26(32)30-10-8-29(4)9-11-30/h5-7,13,15,17,22-23,27H,8-12,14,16H2,1-4H3/t22-,23-/m0/s1. The van der Waals surface area contributed by atoms with E-state index < -0.39 is 0 Å². The first-order valence-electron chi connectivity index (χ1n) is 12.1. The average molecular weight is 450 g/mol. The predicted molar refractivity (Wildman–Crippen MR) is 129 cm³/mol. The smallest absolute Gasteiger partial charge is 0.240 e. The van der Waals surface area contributed by atoms with Crippen molar-refractivity contribution < 1.29 is 9.32 Å². The molecule has 7 heteroatoms. The first-order valence-corrected chi connectivity index (χ1v) is 12.1. The largest absolute Gasteiger partial charge is 0.361 e. The third-order valence-corrected chi connectivity index (χ3v) is 7.05. The molecule has 2 aliphatic heterocycles. The van der Waals surface area contributed by atoms with Crippen LogP contribution in [-0.2, 0) is 17.8 Å². The highest BCUT2D eigenvalue weighted by Crippen LogP contribution is 2.36. The summed E-state index contributed by atoms with van der Waals surface area (Å²) < 4.78 is 7.56. The lowest BCUT2D eigenvalue weighted by Crippen LogP contribution is -2.54. The number of carbonyl (C=O) groups excluding carboxylic acids is 1. The lowest BCUT2D eigenvalue weighted by atomic mass is 9.94. The molecular formula is C26H35N5O2. The van der Waals surface area contributed by atoms with Crippen molar-refractivity contribution in [2.75, 3.05) is 33.2 Å². The number of likely N-dealkylation sites (N-methyl/N-ethyl adjacent to an activating group) is 1. The number of hydrogen-bond donors (Lipinski definition) is 1. The number of carbonyl (C=O) groups is 1. The molecule has 2 atom stereocenters. The van der Waals surface area contributed by atoms with Crippen molar-refractivity contribution in [1.29, 1.82) is 0 Å². The zero-order valence-corrected chi connectivity index (χ0v) is 20.2. The van der Waals surface area contributed by atoms with E-state index >= 15 is 0 Å². The van der Waals surface area contributed by atoms with Gasteiger partial charge in [0.25, 0.3) is 0 Å². The van der Waals surface area contributed by atoms with Crippen LogP contribution >= 0.6 is 0 Å². The van der Waals surface area contributed by atoms with E-state index in [0.29, 0.717) is 18.9 Å². The molecular weight excluding hydrogens is 414 g/mol. The number of amides is 1. The molecule has 7 nitrogen and oxygen atoms in total. The van der Waals surface area contributed by atoms with Crippen LogP contribution in [0, 0.1) is 12.8 Å². The molecule has 0 radical (unpaired) electrons. The van der Waals surface area contributed by atoms with Gasteiger partial charge in [-0.2, -0.15) is 0 Å². The molecule has 1 N–H and O–H groups in total. The van der Waals surface area contributed by atoms with Crippen molar-refractivity contribution in [2.24, 2.45) is 5.92 Å². The highest BCUT2D eigenvalue weighted by molar-refractivity contribution is 5.90. The molecule has 4 heterocycles. The van der Waals surface area contributed by atoms with Gasteiger partial charge in [0.2, 0.25) is 5.91 Å². The van der Waals surface area contributed by atoms with E-state index in [9.17, 15) is 4.79 Å². The summed E-state index contributed by atoms with van der Waals surface area (Å²) in [5.41, 5.74) is 4.67. The minimum Gasteiger partial charge on any atom is -0.361 e. The third kappa shape index (κ3) is 4.44. The SMILES string of the molecule is Cc1cc(Cn2cc3c4c(cccc42)[C@H](CC(C)C)N[C@H](C(=O)N2CCN(C)CC2)C3)no1. The summed E-state index contributed by atoms with van der Waals surface area (Å²) in [4.78, 5) is 18.0. The maximum Gasteiger partial charge on any atom is 0.240 e. The van der Waals surface area contributed by atoms with E-state index in [1.165, 1.54) is 22.0 Å². The normalized spacial score (nSPS) is 21.7. The fourth-order valence-corrected chi connectivity index (χ4v) is 5.40. The molecule has 176 valence electrons. The predicted octanol–water partition coefficient (Wildman–Crippen LogP) is 3.36. The van der Waals surface area contributed by atoms with E-state index in [-0.39, 0.29) is 18.0 Å². The molecule has 0 spiro atoms. The zero-order chi connectivity index (χ0) is 23.1. The summed E-state index contributed by atoms with van der Waals surface area (Å²) in [5, 5.41) is 9.28. The number of hydrogen-bond acceptors (Lipinski definition) is 5. The summed E-state index contributed by atoms with van der Waals surface area (Å²) in [6, 6.07) is 8.50. The molecule has 0 bridgehead atoms. The number of nitrogens with one attached hydrogen (secondary N) is 1. The highest BCUT2D eigenvalue weighted by atomic mass is 16.5. The molecule has 2 aliphatic rings. The number of nitrogens with zero attached hydrogens (tertiary/aromatic N) is 4. The van der Waals surface area contributed by atoms with Crippen LogP contribution < -0.4 is 5.32 Å². The van der Waals surface area contributed by atoms with Crippen molar-refractivity contribution in [1.82, 2.24) is 24.8 Å². The maximum atomic E-state index is 13.6. The van der Waals surface area contributed by atoms with Crippen LogP contribution in [0.3, 0.4) is 0 Å². The Kier molecular flexibility index (Phi) is 6.01. The van der Waals surface area contributed by atoms with Crippen molar-refractivity contribution in [3.8, 4) is 0 Å². The summed E-state index contributed by atoms with van der Waals surface area (Å²) in [6.07, 6.45) is 3.93. The Bertz CT molecular complexity index is 1140. The zero-order valence-electron chi connectivity index (χ0n) is 20.2. The fourth-order valence-electron chi connectivity index (χ4n) is 5.40. The molecule has 0 unspecified atom stereocenters. The van der Waals surface area contributed by atoms with Crippen molar-refractivity contribution in [3.63, 3.8) is 0 Å². The molecule has 5 rings (SSSR count). The summed E-state index contributed by atoms with van der Waals surface area (Å²) >= 11 is 0. The van der Waals surface area contributed by atoms with E-state index in [4.69, 9.17) is 4.52 Å². The second-order valence-electron chi connectivity index (χ2n) is 10.2. The van der Waals surface area contributed by atoms with Crippen molar-refractivity contribution in [2.45, 2.75) is 52.2 Å². The lowest BCUT2D eigenvalue weighted by molar-refractivity contribution is -0.135. The van der Waals surface area contributed by atoms with Crippen molar-refractivity contribution in [3.05, 3.63) is 53.0 Å². The average Bonchev–Trinajstić information content (AvgIpc) is 3.31. The molecule has 1 fully saturated rings. The molecule has 2 aromatic heterocycles. The maximum absolute atomic E-state index is 13.6. The summed E-state index contributed by atoms with van der Waals surface area (Å²) in [5.74, 6) is 1.58. The lowest BCUT2D eigenvalue weighted by Gasteiger charge is -2.35. The van der Waals surface area contributed by atoms with Crippen LogP contribution in [0.5, 0.6) is 0 Å². The number of aromatic nitrogens is 2. The van der Waals surface area contributed by atoms with E-state index in [1.54, 1.807) is 0 Å². The molecule has 3 aromatic rings. The number of rotatable bonds is 5. The molecule has 33 heavy (non-hydrogen) atoms. The van der Waals surface area contributed by atoms with E-state index in [1.807, 2.05) is 17.9 Å². The Morgan fingerprint density at radius 2 is 2.03 bits per heavy atom. The van der Waals surface area contributed by atoms with Gasteiger partial charge in [-0.25, -0.2) is 0 Å². The summed E-state index contributed by atoms with van der Waals surface area (Å²) in [6.45, 7) is 10.6. The first-order chi connectivity index (χ1) is 15.9. The minimum absolute atomic E-state index is 0.154. The Morgan fingerprint density at radius 3 is 2.73 bits per heavy atom. The molecule has 1 amide bonds. The quantitative estimate of drug-likeness (QED) is 0.647. The van der Waals surface area contributed by atoms with Crippen LogP contribution in [0.1, 0.15) is 48.9 Å². The minimum atomic E-state index is -0.210. The van der Waals surface area contributed by atoms with Gasteiger partial charge < -0.3 is 18.9 Å². The number of aryl methyl sites for hydroxylation is 1. The van der Waals surface area contributed by atoms with E-state index in [0.717, 1.165) is 44.1 Å². The second-order valence-corrected chi connectivity index (χ2v) is 10.2. The third-order valence-electron chi connectivity index (χ3n) is 7.05. The molecule has 1 aromatic carbocycles.